The van der Waals surface area contributed by atoms with Crippen molar-refractivity contribution in [3.63, 3.8) is 0 Å². The molecule has 2 aromatic rings. The van der Waals surface area contributed by atoms with Crippen LogP contribution in [0.15, 0.2) is 36.5 Å². The van der Waals surface area contributed by atoms with Crippen LogP contribution in [0.25, 0.3) is 16.7 Å². The maximum Gasteiger partial charge on any atom is 0.190 e. The molecule has 0 amide bonds. The van der Waals surface area contributed by atoms with Crippen molar-refractivity contribution in [2.45, 2.75) is 18.9 Å². The molecule has 4 rings (SSSR count). The van der Waals surface area contributed by atoms with Crippen molar-refractivity contribution in [1.82, 2.24) is 20.9 Å². The molecule has 1 saturated heterocycles. The van der Waals surface area contributed by atoms with Gasteiger partial charge in [0, 0.05) is 17.4 Å². The quantitative estimate of drug-likeness (QED) is 0.781. The number of rotatable bonds is 2. The average Bonchev–Trinajstić information content (AvgIpc) is 3.14. The lowest BCUT2D eigenvalue weighted by Crippen LogP contribution is -2.47. The number of fused-ring (bicyclic) bond motifs is 1. The lowest BCUT2D eigenvalue weighted by molar-refractivity contribution is 0.0130. The van der Waals surface area contributed by atoms with Crippen molar-refractivity contribution in [3.8, 4) is 0 Å². The van der Waals surface area contributed by atoms with Crippen LogP contribution in [0, 0.1) is 0 Å². The van der Waals surface area contributed by atoms with Crippen LogP contribution in [0.5, 0.6) is 0 Å². The summed E-state index contributed by atoms with van der Waals surface area (Å²) in [5.41, 5.74) is 5.13. The molecular weight excluding hydrogens is 252 g/mol. The third-order valence-corrected chi connectivity index (χ3v) is 3.98. The number of H-pyrrole nitrogens is 1. The number of para-hydroxylation sites is 1. The van der Waals surface area contributed by atoms with E-state index >= 15 is 0 Å². The fraction of sp³-hybridized carbons (Fsp3) is 0.333. The minimum atomic E-state index is 0.450. The van der Waals surface area contributed by atoms with Crippen molar-refractivity contribution < 1.29 is 4.84 Å². The first-order chi connectivity index (χ1) is 9.90. The Labute approximate surface area is 117 Å². The van der Waals surface area contributed by atoms with E-state index in [9.17, 15) is 0 Å². The van der Waals surface area contributed by atoms with Crippen molar-refractivity contribution in [2.75, 3.05) is 13.1 Å². The van der Waals surface area contributed by atoms with E-state index in [-0.39, 0.29) is 0 Å². The van der Waals surface area contributed by atoms with Crippen LogP contribution in [-0.4, -0.2) is 29.1 Å². The molecule has 2 aliphatic heterocycles. The summed E-state index contributed by atoms with van der Waals surface area (Å²) in [6.07, 6.45) is 4.43. The van der Waals surface area contributed by atoms with Crippen molar-refractivity contribution in [3.05, 3.63) is 42.2 Å². The molecule has 0 bridgehead atoms. The van der Waals surface area contributed by atoms with Gasteiger partial charge in [0.2, 0.25) is 0 Å². The summed E-state index contributed by atoms with van der Waals surface area (Å²) in [5, 5.41) is 6.67. The minimum absolute atomic E-state index is 0.450. The van der Waals surface area contributed by atoms with Gasteiger partial charge in [-0.15, -0.1) is 0 Å². The second-order valence-corrected chi connectivity index (χ2v) is 5.36. The number of nitrogens with zero attached hydrogens (tertiary/aromatic N) is 1. The van der Waals surface area contributed by atoms with Gasteiger partial charge < -0.3 is 15.1 Å². The number of nitrogens with one attached hydrogen (secondary N) is 3. The maximum atomic E-state index is 5.61. The van der Waals surface area contributed by atoms with Crippen molar-refractivity contribution in [2.24, 2.45) is 0 Å². The summed E-state index contributed by atoms with van der Waals surface area (Å²) < 4.78 is 0. The molecular formula is C15H18N4O. The Bertz CT molecular complexity index is 609. The highest BCUT2D eigenvalue weighted by atomic mass is 16.7. The van der Waals surface area contributed by atoms with Crippen molar-refractivity contribution >= 4 is 16.7 Å². The Hall–Kier alpha value is -1.98. The van der Waals surface area contributed by atoms with Gasteiger partial charge >= 0.3 is 0 Å². The fourth-order valence-electron chi connectivity index (χ4n) is 2.86. The number of aromatic amines is 1. The van der Waals surface area contributed by atoms with Crippen LogP contribution in [0.2, 0.25) is 0 Å². The maximum absolute atomic E-state index is 5.61. The molecule has 1 atom stereocenters. The van der Waals surface area contributed by atoms with Gasteiger partial charge in [0.1, 0.15) is 0 Å². The number of piperidine rings is 1. The monoisotopic (exact) mass is 270 g/mol. The third-order valence-electron chi connectivity index (χ3n) is 3.98. The van der Waals surface area contributed by atoms with Gasteiger partial charge in [-0.3, -0.25) is 5.01 Å². The van der Waals surface area contributed by atoms with Gasteiger partial charge in [-0.05, 0) is 31.5 Å². The number of hydrogen-bond acceptors (Lipinski definition) is 4. The summed E-state index contributed by atoms with van der Waals surface area (Å²) in [4.78, 5) is 9.00. The van der Waals surface area contributed by atoms with Gasteiger partial charge in [-0.25, -0.2) is 0 Å². The summed E-state index contributed by atoms with van der Waals surface area (Å²) in [6, 6.07) is 10.8. The highest BCUT2D eigenvalue weighted by molar-refractivity contribution is 5.83. The molecule has 1 aromatic carbocycles. The van der Waals surface area contributed by atoms with Crippen LogP contribution in [0.1, 0.15) is 18.5 Å². The van der Waals surface area contributed by atoms with Crippen LogP contribution < -0.4 is 10.9 Å². The first-order valence-electron chi connectivity index (χ1n) is 7.12. The Morgan fingerprint density at radius 2 is 2.20 bits per heavy atom. The highest BCUT2D eigenvalue weighted by Crippen LogP contribution is 2.25. The number of hydrazine groups is 1. The number of benzene rings is 1. The van der Waals surface area contributed by atoms with Crippen LogP contribution in [-0.2, 0) is 4.84 Å². The van der Waals surface area contributed by atoms with E-state index in [1.54, 1.807) is 0 Å². The summed E-state index contributed by atoms with van der Waals surface area (Å²) >= 11 is 0. The topological polar surface area (TPSA) is 52.3 Å². The Morgan fingerprint density at radius 1 is 1.25 bits per heavy atom. The first kappa shape index (κ1) is 11.8. The zero-order valence-electron chi connectivity index (χ0n) is 11.2. The molecule has 3 heterocycles. The van der Waals surface area contributed by atoms with Gasteiger partial charge in [-0.1, -0.05) is 23.8 Å². The zero-order valence-corrected chi connectivity index (χ0v) is 11.2. The SMILES string of the molecule is C1=C(c2cc3ccccc3[nH]2)ONN1C1CCCNC1. The van der Waals surface area contributed by atoms with Gasteiger partial charge in [-0.2, -0.15) is 0 Å². The van der Waals surface area contributed by atoms with Crippen LogP contribution >= 0.6 is 0 Å². The zero-order chi connectivity index (χ0) is 13.4. The molecule has 0 saturated carbocycles. The molecule has 5 nitrogen and oxygen atoms in total. The second-order valence-electron chi connectivity index (χ2n) is 5.36. The summed E-state index contributed by atoms with van der Waals surface area (Å²) in [5.74, 6) is 0.840. The molecule has 1 unspecified atom stereocenters. The fourth-order valence-corrected chi connectivity index (χ4v) is 2.86. The van der Waals surface area contributed by atoms with E-state index in [4.69, 9.17) is 4.84 Å². The number of aromatic nitrogens is 1. The largest absolute Gasteiger partial charge is 0.385 e. The summed E-state index contributed by atoms with van der Waals surface area (Å²) in [6.45, 7) is 2.11. The second kappa shape index (κ2) is 4.85. The molecule has 20 heavy (non-hydrogen) atoms. The van der Waals surface area contributed by atoms with Crippen LogP contribution in [0.4, 0.5) is 0 Å². The molecule has 0 aliphatic carbocycles. The Morgan fingerprint density at radius 3 is 3.05 bits per heavy atom. The molecule has 1 fully saturated rings. The van der Waals surface area contributed by atoms with E-state index < -0.39 is 0 Å². The molecule has 5 heteroatoms. The predicted octanol–water partition coefficient (Wildman–Crippen LogP) is 1.97. The number of hydrogen-bond donors (Lipinski definition) is 3. The summed E-state index contributed by atoms with van der Waals surface area (Å²) in [7, 11) is 0. The molecule has 104 valence electrons. The molecule has 3 N–H and O–H groups in total. The van der Waals surface area contributed by atoms with Gasteiger partial charge in [0.05, 0.1) is 17.9 Å². The highest BCUT2D eigenvalue weighted by Gasteiger charge is 2.25. The molecule has 2 aliphatic rings. The van der Waals surface area contributed by atoms with E-state index in [0.29, 0.717) is 6.04 Å². The van der Waals surface area contributed by atoms with E-state index in [1.165, 1.54) is 18.2 Å². The average molecular weight is 270 g/mol. The minimum Gasteiger partial charge on any atom is -0.385 e. The van der Waals surface area contributed by atoms with Crippen molar-refractivity contribution in [1.29, 1.82) is 0 Å². The Kier molecular flexibility index (Phi) is 2.86. The van der Waals surface area contributed by atoms with Gasteiger partial charge in [0.15, 0.2) is 5.76 Å². The molecule has 1 aromatic heterocycles. The molecule has 0 spiro atoms. The predicted molar refractivity (Wildman–Crippen MR) is 78.2 cm³/mol. The molecule has 0 radical (unpaired) electrons. The standard InChI is InChI=1S/C15H18N4O/c1-2-6-13-11(4-1)8-14(17-13)15-10-19(18-20-15)12-5-3-7-16-9-12/h1-2,4,6,8,10,12,16-18H,3,5,7,9H2. The van der Waals surface area contributed by atoms with E-state index in [2.05, 4.69) is 39.1 Å². The third kappa shape index (κ3) is 2.05. The van der Waals surface area contributed by atoms with Gasteiger partial charge in [0.25, 0.3) is 0 Å². The van der Waals surface area contributed by atoms with Crippen LogP contribution in [0.3, 0.4) is 0 Å². The lowest BCUT2D eigenvalue weighted by Gasteiger charge is -2.29. The normalized spacial score (nSPS) is 22.9. The smallest absolute Gasteiger partial charge is 0.190 e. The first-order valence-corrected chi connectivity index (χ1v) is 7.12. The Balaban J connectivity index is 1.59. The lowest BCUT2D eigenvalue weighted by atomic mass is 10.1. The van der Waals surface area contributed by atoms with E-state index in [0.717, 1.165) is 30.1 Å². The van der Waals surface area contributed by atoms with E-state index in [1.807, 2.05) is 18.3 Å².